The van der Waals surface area contributed by atoms with E-state index in [1.165, 1.54) is 0 Å². The van der Waals surface area contributed by atoms with Gasteiger partial charge >= 0.3 is 0 Å². The zero-order chi connectivity index (χ0) is 11.4. The number of amides is 1. The molecule has 1 aromatic carbocycles. The number of hydrogen-bond donors (Lipinski definition) is 2. The topological polar surface area (TPSA) is 55.1 Å². The molecular formula is C11H13BrN2O. The van der Waals surface area contributed by atoms with E-state index in [4.69, 9.17) is 5.73 Å². The predicted molar refractivity (Wildman–Crippen MR) is 65.7 cm³/mol. The van der Waals surface area contributed by atoms with Gasteiger partial charge in [-0.2, -0.15) is 0 Å². The summed E-state index contributed by atoms with van der Waals surface area (Å²) in [5.41, 5.74) is 7.56. The van der Waals surface area contributed by atoms with Crippen molar-refractivity contribution < 1.29 is 4.79 Å². The zero-order valence-corrected chi connectivity index (χ0v) is 10.1. The number of benzene rings is 1. The quantitative estimate of drug-likeness (QED) is 0.653. The van der Waals surface area contributed by atoms with E-state index in [9.17, 15) is 4.79 Å². The maximum atomic E-state index is 11.6. The van der Waals surface area contributed by atoms with E-state index in [0.29, 0.717) is 17.8 Å². The van der Waals surface area contributed by atoms with E-state index in [-0.39, 0.29) is 5.91 Å². The van der Waals surface area contributed by atoms with Crippen LogP contribution in [0.25, 0.3) is 0 Å². The van der Waals surface area contributed by atoms with Gasteiger partial charge in [-0.1, -0.05) is 28.1 Å². The smallest absolute Gasteiger partial charge is 0.253 e. The Bertz CT molecular complexity index is 402. The summed E-state index contributed by atoms with van der Waals surface area (Å²) in [6.45, 7) is 6.02. The third-order valence-corrected chi connectivity index (χ3v) is 2.30. The van der Waals surface area contributed by atoms with Crippen molar-refractivity contribution in [3.05, 3.63) is 40.4 Å². The Hall–Kier alpha value is -1.29. The van der Waals surface area contributed by atoms with Gasteiger partial charge in [-0.25, -0.2) is 0 Å². The first-order chi connectivity index (χ1) is 7.00. The number of carbonyl (C=O) groups is 1. The Balaban J connectivity index is 2.78. The van der Waals surface area contributed by atoms with E-state index in [1.54, 1.807) is 18.2 Å². The molecule has 1 amide bonds. The van der Waals surface area contributed by atoms with E-state index in [0.717, 1.165) is 10.0 Å². The largest absolute Gasteiger partial charge is 0.398 e. The van der Waals surface area contributed by atoms with Crippen molar-refractivity contribution in [2.75, 3.05) is 12.3 Å². The summed E-state index contributed by atoms with van der Waals surface area (Å²) >= 11 is 3.28. The van der Waals surface area contributed by atoms with Gasteiger partial charge in [0.1, 0.15) is 0 Å². The van der Waals surface area contributed by atoms with Crippen LogP contribution in [0.4, 0.5) is 5.69 Å². The lowest BCUT2D eigenvalue weighted by Gasteiger charge is -2.07. The molecule has 0 atom stereocenters. The first kappa shape index (κ1) is 11.8. The minimum atomic E-state index is -0.178. The highest BCUT2D eigenvalue weighted by Crippen LogP contribution is 2.18. The molecular weight excluding hydrogens is 256 g/mol. The van der Waals surface area contributed by atoms with Gasteiger partial charge in [0.05, 0.1) is 5.56 Å². The summed E-state index contributed by atoms with van der Waals surface area (Å²) in [4.78, 5) is 11.6. The molecule has 0 spiro atoms. The highest BCUT2D eigenvalue weighted by Gasteiger charge is 2.08. The molecule has 0 saturated heterocycles. The Morgan fingerprint density at radius 2 is 2.27 bits per heavy atom. The summed E-state index contributed by atoms with van der Waals surface area (Å²) in [5, 5.41) is 2.72. The Morgan fingerprint density at radius 3 is 2.80 bits per heavy atom. The van der Waals surface area contributed by atoms with Crippen molar-refractivity contribution in [2.45, 2.75) is 6.92 Å². The monoisotopic (exact) mass is 268 g/mol. The van der Waals surface area contributed by atoms with Gasteiger partial charge in [-0.15, -0.1) is 0 Å². The molecule has 0 radical (unpaired) electrons. The molecule has 1 rings (SSSR count). The van der Waals surface area contributed by atoms with Crippen LogP contribution in [-0.2, 0) is 0 Å². The van der Waals surface area contributed by atoms with Gasteiger partial charge in [-0.05, 0) is 25.1 Å². The van der Waals surface area contributed by atoms with Gasteiger partial charge in [0.15, 0.2) is 0 Å². The third-order valence-electron chi connectivity index (χ3n) is 1.81. The van der Waals surface area contributed by atoms with Crippen LogP contribution in [0, 0.1) is 0 Å². The van der Waals surface area contributed by atoms with Crippen molar-refractivity contribution >= 4 is 27.5 Å². The van der Waals surface area contributed by atoms with Crippen molar-refractivity contribution in [1.82, 2.24) is 5.32 Å². The Kier molecular flexibility index (Phi) is 3.91. The summed E-state index contributed by atoms with van der Waals surface area (Å²) in [5.74, 6) is -0.178. The maximum absolute atomic E-state index is 11.6. The van der Waals surface area contributed by atoms with Gasteiger partial charge in [0, 0.05) is 16.7 Å². The number of rotatable bonds is 3. The maximum Gasteiger partial charge on any atom is 0.253 e. The van der Waals surface area contributed by atoms with Crippen molar-refractivity contribution in [2.24, 2.45) is 0 Å². The molecule has 0 aliphatic rings. The zero-order valence-electron chi connectivity index (χ0n) is 8.51. The molecule has 0 heterocycles. The lowest BCUT2D eigenvalue weighted by atomic mass is 10.1. The van der Waals surface area contributed by atoms with Gasteiger partial charge in [0.25, 0.3) is 5.91 Å². The fourth-order valence-corrected chi connectivity index (χ4v) is 1.45. The number of nitrogen functional groups attached to an aromatic ring is 1. The predicted octanol–water partition coefficient (Wildman–Crippen LogP) is 2.34. The van der Waals surface area contributed by atoms with Crippen LogP contribution < -0.4 is 11.1 Å². The Morgan fingerprint density at radius 1 is 1.60 bits per heavy atom. The van der Waals surface area contributed by atoms with E-state index >= 15 is 0 Å². The number of halogens is 1. The van der Waals surface area contributed by atoms with Gasteiger partial charge in [0.2, 0.25) is 0 Å². The summed E-state index contributed by atoms with van der Waals surface area (Å²) in [6.07, 6.45) is 0. The van der Waals surface area contributed by atoms with E-state index < -0.39 is 0 Å². The lowest BCUT2D eigenvalue weighted by molar-refractivity contribution is 0.0958. The molecule has 3 nitrogen and oxygen atoms in total. The normalized spacial score (nSPS) is 9.73. The third kappa shape index (κ3) is 3.40. The number of hydrogen-bond acceptors (Lipinski definition) is 2. The van der Waals surface area contributed by atoms with Crippen LogP contribution in [0.3, 0.4) is 0 Å². The molecule has 0 unspecified atom stereocenters. The van der Waals surface area contributed by atoms with Crippen LogP contribution in [0.2, 0.25) is 0 Å². The first-order valence-electron chi connectivity index (χ1n) is 4.48. The molecule has 0 aromatic heterocycles. The molecule has 1 aromatic rings. The van der Waals surface area contributed by atoms with Gasteiger partial charge in [-0.3, -0.25) is 4.79 Å². The fraction of sp³-hybridized carbons (Fsp3) is 0.182. The number of anilines is 1. The molecule has 15 heavy (non-hydrogen) atoms. The first-order valence-corrected chi connectivity index (χ1v) is 5.27. The fourth-order valence-electron chi connectivity index (χ4n) is 1.07. The van der Waals surface area contributed by atoms with Crippen LogP contribution in [-0.4, -0.2) is 12.5 Å². The molecule has 4 heteroatoms. The van der Waals surface area contributed by atoms with E-state index in [2.05, 4.69) is 27.8 Å². The molecule has 0 aliphatic heterocycles. The van der Waals surface area contributed by atoms with Crippen molar-refractivity contribution in [3.63, 3.8) is 0 Å². The van der Waals surface area contributed by atoms with Crippen LogP contribution in [0.1, 0.15) is 17.3 Å². The second-order valence-corrected chi connectivity index (χ2v) is 4.29. The second-order valence-electron chi connectivity index (χ2n) is 3.37. The molecule has 0 aliphatic carbocycles. The molecule has 3 N–H and O–H groups in total. The van der Waals surface area contributed by atoms with Gasteiger partial charge < -0.3 is 11.1 Å². The lowest BCUT2D eigenvalue weighted by Crippen LogP contribution is -2.25. The second kappa shape index (κ2) is 4.98. The number of nitrogens with two attached hydrogens (primary N) is 1. The average Bonchev–Trinajstić information content (AvgIpc) is 2.14. The minimum Gasteiger partial charge on any atom is -0.398 e. The molecule has 0 fully saturated rings. The Labute approximate surface area is 97.5 Å². The highest BCUT2D eigenvalue weighted by molar-refractivity contribution is 9.10. The standard InChI is InChI=1S/C11H13BrN2O/c1-7(2)6-14-11(15)9-4-3-8(12)5-10(9)13/h3-5H,1,6,13H2,2H3,(H,14,15). The van der Waals surface area contributed by atoms with Crippen LogP contribution >= 0.6 is 15.9 Å². The van der Waals surface area contributed by atoms with Crippen LogP contribution in [0.5, 0.6) is 0 Å². The summed E-state index contributed by atoms with van der Waals surface area (Å²) in [6, 6.07) is 5.18. The summed E-state index contributed by atoms with van der Waals surface area (Å²) < 4.78 is 0.858. The summed E-state index contributed by atoms with van der Waals surface area (Å²) in [7, 11) is 0. The van der Waals surface area contributed by atoms with Crippen LogP contribution in [0.15, 0.2) is 34.8 Å². The molecule has 0 saturated carbocycles. The minimum absolute atomic E-state index is 0.178. The SMILES string of the molecule is C=C(C)CNC(=O)c1ccc(Br)cc1N. The molecule has 80 valence electrons. The number of carbonyl (C=O) groups excluding carboxylic acids is 1. The van der Waals surface area contributed by atoms with E-state index in [1.807, 2.05) is 6.92 Å². The number of nitrogens with one attached hydrogen (secondary N) is 1. The molecule has 0 bridgehead atoms. The highest BCUT2D eigenvalue weighted by atomic mass is 79.9. The van der Waals surface area contributed by atoms with Crippen molar-refractivity contribution in [3.8, 4) is 0 Å². The average molecular weight is 269 g/mol. The van der Waals surface area contributed by atoms with Crippen molar-refractivity contribution in [1.29, 1.82) is 0 Å².